The maximum atomic E-state index is 6.41. The van der Waals surface area contributed by atoms with Gasteiger partial charge in [0.2, 0.25) is 17.3 Å². The van der Waals surface area contributed by atoms with Gasteiger partial charge >= 0.3 is 11.7 Å². The molecule has 9 rings (SSSR count). The molecule has 1 aliphatic rings. The van der Waals surface area contributed by atoms with Crippen molar-refractivity contribution in [3.63, 3.8) is 0 Å². The van der Waals surface area contributed by atoms with Crippen molar-refractivity contribution < 1.29 is 9.47 Å². The molecule has 0 radical (unpaired) electrons. The summed E-state index contributed by atoms with van der Waals surface area (Å²) in [5.41, 5.74) is 8.59. The number of rotatable bonds is 8. The second kappa shape index (κ2) is 13.1. The molecule has 8 aromatic rings. The van der Waals surface area contributed by atoms with Gasteiger partial charge in [-0.2, -0.15) is 0 Å². The van der Waals surface area contributed by atoms with Crippen LogP contribution in [0.5, 0.6) is 23.1 Å². The van der Waals surface area contributed by atoms with Crippen molar-refractivity contribution in [2.45, 2.75) is 0 Å². The SMILES string of the molecule is C1=[N+](c2cccc(Oc3cccc(Oc4ccccn4)c3)c2)c2ccc3ccccc3c2[N+]=1c1c(-c2ccccc2)cccc1-c1ccccc1. The summed E-state index contributed by atoms with van der Waals surface area (Å²) in [7, 11) is 0. The van der Waals surface area contributed by atoms with Crippen molar-refractivity contribution in [1.82, 2.24) is 14.1 Å². The van der Waals surface area contributed by atoms with Crippen LogP contribution in [0.25, 0.3) is 33.0 Å². The minimum Gasteiger partial charge on any atom is -0.457 e. The van der Waals surface area contributed by atoms with Crippen molar-refractivity contribution in [3.8, 4) is 45.4 Å². The Morgan fingerprint density at radius 2 is 1.08 bits per heavy atom. The number of pyridine rings is 1. The average Bonchev–Trinajstić information content (AvgIpc) is 3.59. The van der Waals surface area contributed by atoms with Crippen LogP contribution in [0, 0.1) is 0 Å². The molecule has 0 fully saturated rings. The first-order valence-electron chi connectivity index (χ1n) is 16.9. The molecular formula is C46H31N3O2+2. The Balaban J connectivity index is 1.21. The molecule has 0 saturated carbocycles. The third-order valence-electron chi connectivity index (χ3n) is 8.95. The van der Waals surface area contributed by atoms with Gasteiger partial charge in [0.15, 0.2) is 0 Å². The van der Waals surface area contributed by atoms with E-state index in [9.17, 15) is 0 Å². The van der Waals surface area contributed by atoms with Gasteiger partial charge in [-0.25, -0.2) is 4.98 Å². The number of nitrogens with zero attached hydrogens (tertiary/aromatic N) is 3. The molecule has 2 heterocycles. The summed E-state index contributed by atoms with van der Waals surface area (Å²) in [5, 5.41) is 2.30. The highest BCUT2D eigenvalue weighted by molar-refractivity contribution is 6.06. The molecule has 5 nitrogen and oxygen atoms in total. The zero-order chi connectivity index (χ0) is 34.0. The van der Waals surface area contributed by atoms with E-state index in [1.165, 1.54) is 0 Å². The number of aromatic nitrogens is 1. The molecule has 1 aliphatic heterocycles. The normalized spacial score (nSPS) is 11.8. The van der Waals surface area contributed by atoms with E-state index in [0.717, 1.165) is 55.8 Å². The molecule has 240 valence electrons. The Morgan fingerprint density at radius 1 is 0.451 bits per heavy atom. The largest absolute Gasteiger partial charge is 0.503 e. The van der Waals surface area contributed by atoms with Gasteiger partial charge in [0, 0.05) is 30.5 Å². The molecule has 0 saturated heterocycles. The number of para-hydroxylation sites is 1. The minimum atomic E-state index is 0.525. The molecule has 51 heavy (non-hydrogen) atoms. The number of benzene rings is 7. The smallest absolute Gasteiger partial charge is 0.457 e. The van der Waals surface area contributed by atoms with E-state index in [4.69, 9.17) is 9.47 Å². The fourth-order valence-corrected chi connectivity index (χ4v) is 6.66. The summed E-state index contributed by atoms with van der Waals surface area (Å²) in [6, 6.07) is 65.7. The molecule has 0 bridgehead atoms. The van der Waals surface area contributed by atoms with Gasteiger partial charge in [0.25, 0.3) is 5.69 Å². The van der Waals surface area contributed by atoms with E-state index < -0.39 is 0 Å². The van der Waals surface area contributed by atoms with Crippen molar-refractivity contribution >= 4 is 39.5 Å². The zero-order valence-corrected chi connectivity index (χ0v) is 27.6. The van der Waals surface area contributed by atoms with E-state index in [0.29, 0.717) is 23.1 Å². The van der Waals surface area contributed by atoms with Crippen molar-refractivity contribution in [2.75, 3.05) is 0 Å². The standard InChI is InChI=1S/C46H31N3O2/c1-3-14-33(15-4-1)40-24-13-25-41(34-16-5-2-6-17-34)45(40)49-32-48(43-28-27-35-18-7-8-23-42(35)46(43)49)36-19-11-20-37(30-36)50-38-21-12-22-39(31-38)51-44-26-9-10-29-47-44/h1-31H/q+2. The fourth-order valence-electron chi connectivity index (χ4n) is 6.66. The fraction of sp³-hybridized carbons (Fsp3) is 0. The Kier molecular flexibility index (Phi) is 7.71. The second-order valence-electron chi connectivity index (χ2n) is 12.2. The van der Waals surface area contributed by atoms with Gasteiger partial charge in [-0.15, -0.1) is 0 Å². The first-order valence-corrected chi connectivity index (χ1v) is 16.9. The van der Waals surface area contributed by atoms with Gasteiger partial charge < -0.3 is 9.47 Å². The van der Waals surface area contributed by atoms with Crippen molar-refractivity contribution in [2.24, 2.45) is 0 Å². The van der Waals surface area contributed by atoms with E-state index in [-0.39, 0.29) is 0 Å². The van der Waals surface area contributed by atoms with Crippen LogP contribution < -0.4 is 18.6 Å². The first kappa shape index (κ1) is 30.0. The Bertz CT molecular complexity index is 2560. The predicted octanol–water partition coefficient (Wildman–Crippen LogP) is 12.0. The van der Waals surface area contributed by atoms with Crippen LogP contribution in [0.2, 0.25) is 0 Å². The molecule has 0 atom stereocenters. The lowest BCUT2D eigenvalue weighted by atomic mass is 9.95. The summed E-state index contributed by atoms with van der Waals surface area (Å²) in [6.45, 7) is 0. The van der Waals surface area contributed by atoms with E-state index >= 15 is 0 Å². The zero-order valence-electron chi connectivity index (χ0n) is 27.6. The van der Waals surface area contributed by atoms with Crippen LogP contribution in [0.3, 0.4) is 0 Å². The molecule has 5 heteroatoms. The highest BCUT2D eigenvalue weighted by Gasteiger charge is 2.41. The lowest BCUT2D eigenvalue weighted by Crippen LogP contribution is -2.05. The van der Waals surface area contributed by atoms with Crippen molar-refractivity contribution in [3.05, 3.63) is 188 Å². The van der Waals surface area contributed by atoms with Crippen LogP contribution >= 0.6 is 0 Å². The van der Waals surface area contributed by atoms with Gasteiger partial charge in [0.05, 0.1) is 22.6 Å². The Hall–Kier alpha value is -7.07. The summed E-state index contributed by atoms with van der Waals surface area (Å²) in [5.74, 6) is 2.52. The number of hydrogen-bond acceptors (Lipinski definition) is 3. The van der Waals surface area contributed by atoms with E-state index in [1.807, 2.05) is 60.7 Å². The predicted molar refractivity (Wildman–Crippen MR) is 206 cm³/mol. The third kappa shape index (κ3) is 5.84. The third-order valence-corrected chi connectivity index (χ3v) is 8.95. The van der Waals surface area contributed by atoms with Crippen LogP contribution in [0.15, 0.2) is 188 Å². The average molecular weight is 658 g/mol. The lowest BCUT2D eigenvalue weighted by molar-refractivity contribution is 0.449. The summed E-state index contributed by atoms with van der Waals surface area (Å²) in [4.78, 5) is 4.27. The molecule has 1 aromatic heterocycles. The monoisotopic (exact) mass is 657 g/mol. The maximum absolute atomic E-state index is 6.41. The van der Waals surface area contributed by atoms with E-state index in [2.05, 4.69) is 141 Å². The molecule has 0 spiro atoms. The molecular weight excluding hydrogens is 627 g/mol. The highest BCUT2D eigenvalue weighted by atomic mass is 16.5. The second-order valence-corrected chi connectivity index (χ2v) is 12.2. The van der Waals surface area contributed by atoms with Crippen molar-refractivity contribution in [1.29, 1.82) is 0 Å². The summed E-state index contributed by atoms with van der Waals surface area (Å²) in [6.07, 6.45) is 1.71. The van der Waals surface area contributed by atoms with Crippen LogP contribution in [-0.2, 0) is 0 Å². The van der Waals surface area contributed by atoms with E-state index in [1.54, 1.807) is 6.20 Å². The summed E-state index contributed by atoms with van der Waals surface area (Å²) >= 11 is 0. The van der Waals surface area contributed by atoms with Crippen LogP contribution in [-0.4, -0.2) is 11.0 Å². The molecule has 0 aliphatic carbocycles. The Morgan fingerprint density at radius 3 is 1.80 bits per heavy atom. The van der Waals surface area contributed by atoms with Crippen LogP contribution in [0.4, 0.5) is 22.7 Å². The molecule has 0 amide bonds. The lowest BCUT2D eigenvalue weighted by Gasteiger charge is -2.11. The minimum absolute atomic E-state index is 0.525. The van der Waals surface area contributed by atoms with Crippen LogP contribution in [0.1, 0.15) is 0 Å². The maximum Gasteiger partial charge on any atom is 0.503 e. The Labute approximate surface area is 295 Å². The van der Waals surface area contributed by atoms with Gasteiger partial charge in [0.1, 0.15) is 17.2 Å². The highest BCUT2D eigenvalue weighted by Crippen LogP contribution is 2.47. The van der Waals surface area contributed by atoms with Gasteiger partial charge in [-0.3, -0.25) is 0 Å². The first-order chi connectivity index (χ1) is 25.3. The van der Waals surface area contributed by atoms with Gasteiger partial charge in [-0.1, -0.05) is 103 Å². The van der Waals surface area contributed by atoms with Gasteiger partial charge in [-0.05, 0) is 74.2 Å². The molecule has 0 unspecified atom stereocenters. The number of hydrogen-bond donors (Lipinski definition) is 0. The summed E-state index contributed by atoms with van der Waals surface area (Å²) < 4.78 is 16.7. The number of fused-ring (bicyclic) bond motifs is 3. The topological polar surface area (TPSA) is 37.4 Å². The quantitative estimate of drug-likeness (QED) is 0.153. The molecule has 7 aromatic carbocycles. The molecule has 0 N–H and O–H groups in total. The number of ether oxygens (including phenoxy) is 2.